The Hall–Kier alpha value is -1.66. The molecule has 0 radical (unpaired) electrons. The zero-order chi connectivity index (χ0) is 18.6. The number of rotatable bonds is 6. The number of nitrogens with zero attached hydrogens (tertiary/aromatic N) is 1. The highest BCUT2D eigenvalue weighted by molar-refractivity contribution is 9.10. The molecule has 0 spiro atoms. The Kier molecular flexibility index (Phi) is 6.41. The van der Waals surface area contributed by atoms with Gasteiger partial charge in [-0.1, -0.05) is 47.1 Å². The van der Waals surface area contributed by atoms with Crippen LogP contribution in [0.15, 0.2) is 57.9 Å². The summed E-state index contributed by atoms with van der Waals surface area (Å²) < 4.78 is 24.5. The molecule has 0 saturated carbocycles. The number of halogens is 1. The molecule has 134 valence electrons. The first-order valence-corrected chi connectivity index (χ1v) is 10.8. The Morgan fingerprint density at radius 1 is 1.16 bits per heavy atom. The van der Waals surface area contributed by atoms with Crippen LogP contribution in [-0.4, -0.2) is 32.0 Å². The fourth-order valence-corrected chi connectivity index (χ4v) is 4.00. The molecule has 25 heavy (non-hydrogen) atoms. The van der Waals surface area contributed by atoms with Crippen molar-refractivity contribution in [3.8, 4) is 0 Å². The fraction of sp³-hybridized carbons (Fsp3) is 0.316. The summed E-state index contributed by atoms with van der Waals surface area (Å²) in [6.45, 7) is 4.58. The molecule has 0 heterocycles. The van der Waals surface area contributed by atoms with Crippen molar-refractivity contribution in [3.05, 3.63) is 64.1 Å². The molecule has 2 aromatic carbocycles. The molecule has 0 aliphatic rings. The molecular weight excluding hydrogens is 402 g/mol. The van der Waals surface area contributed by atoms with Gasteiger partial charge in [0.1, 0.15) is 0 Å². The number of hydrogen-bond acceptors (Lipinski definition) is 3. The van der Waals surface area contributed by atoms with Crippen LogP contribution in [0.4, 0.5) is 0 Å². The van der Waals surface area contributed by atoms with Gasteiger partial charge in [-0.25, -0.2) is 8.42 Å². The summed E-state index contributed by atoms with van der Waals surface area (Å²) in [5.74, 6) is -0.171. The van der Waals surface area contributed by atoms with Gasteiger partial charge in [0.2, 0.25) is 0 Å². The zero-order valence-electron chi connectivity index (χ0n) is 14.6. The summed E-state index contributed by atoms with van der Waals surface area (Å²) in [6, 6.07) is 13.9. The van der Waals surface area contributed by atoms with Crippen LogP contribution in [0.5, 0.6) is 0 Å². The molecule has 1 atom stereocenters. The third-order valence-corrected chi connectivity index (χ3v) is 5.89. The molecule has 0 aliphatic heterocycles. The van der Waals surface area contributed by atoms with Crippen molar-refractivity contribution in [3.63, 3.8) is 0 Å². The van der Waals surface area contributed by atoms with E-state index >= 15 is 0 Å². The first-order chi connectivity index (χ1) is 11.8. The molecule has 0 saturated heterocycles. The quantitative estimate of drug-likeness (QED) is 0.688. The summed E-state index contributed by atoms with van der Waals surface area (Å²) in [6.07, 6.45) is 1.95. The van der Waals surface area contributed by atoms with E-state index < -0.39 is 9.84 Å². The molecule has 0 fully saturated rings. The van der Waals surface area contributed by atoms with Gasteiger partial charge in [-0.2, -0.15) is 0 Å². The van der Waals surface area contributed by atoms with Crippen LogP contribution in [-0.2, 0) is 9.84 Å². The van der Waals surface area contributed by atoms with Gasteiger partial charge in [0.25, 0.3) is 5.91 Å². The van der Waals surface area contributed by atoms with Crippen LogP contribution < -0.4 is 0 Å². The normalized spacial score (nSPS) is 12.6. The largest absolute Gasteiger partial charge is 0.332 e. The second-order valence-electron chi connectivity index (χ2n) is 6.00. The fourth-order valence-electron chi connectivity index (χ4n) is 2.72. The maximum Gasteiger partial charge on any atom is 0.254 e. The molecule has 2 rings (SSSR count). The number of carbonyl (C=O) groups is 1. The molecular formula is C19H22BrNO3S. The van der Waals surface area contributed by atoms with E-state index in [1.807, 2.05) is 38.1 Å². The SMILES string of the molecule is CCCN(C(=O)c1cccc(S(C)(=O)=O)c1)C(C)c1ccccc1Br. The lowest BCUT2D eigenvalue weighted by atomic mass is 10.1. The van der Waals surface area contributed by atoms with Gasteiger partial charge in [0, 0.05) is 22.8 Å². The third-order valence-electron chi connectivity index (χ3n) is 4.06. The van der Waals surface area contributed by atoms with Crippen molar-refractivity contribution in [2.45, 2.75) is 31.2 Å². The van der Waals surface area contributed by atoms with Crippen LogP contribution in [0.25, 0.3) is 0 Å². The lowest BCUT2D eigenvalue weighted by Gasteiger charge is -2.30. The highest BCUT2D eigenvalue weighted by atomic mass is 79.9. The predicted octanol–water partition coefficient (Wildman–Crippen LogP) is 4.47. The van der Waals surface area contributed by atoms with Crippen LogP contribution in [0.1, 0.15) is 42.2 Å². The molecule has 6 heteroatoms. The maximum absolute atomic E-state index is 13.1. The molecule has 0 aliphatic carbocycles. The summed E-state index contributed by atoms with van der Waals surface area (Å²) in [5, 5.41) is 0. The minimum absolute atomic E-state index is 0.134. The van der Waals surface area contributed by atoms with Gasteiger partial charge in [0.15, 0.2) is 9.84 Å². The maximum atomic E-state index is 13.1. The molecule has 0 aromatic heterocycles. The number of sulfone groups is 1. The van der Waals surface area contributed by atoms with Crippen molar-refractivity contribution in [2.75, 3.05) is 12.8 Å². The molecule has 4 nitrogen and oxygen atoms in total. The van der Waals surface area contributed by atoms with Crippen molar-refractivity contribution in [2.24, 2.45) is 0 Å². The van der Waals surface area contributed by atoms with Gasteiger partial charge in [-0.05, 0) is 43.2 Å². The van der Waals surface area contributed by atoms with E-state index in [9.17, 15) is 13.2 Å². The topological polar surface area (TPSA) is 54.5 Å². The van der Waals surface area contributed by atoms with Crippen LogP contribution >= 0.6 is 15.9 Å². The second kappa shape index (κ2) is 8.15. The van der Waals surface area contributed by atoms with E-state index in [2.05, 4.69) is 15.9 Å². The lowest BCUT2D eigenvalue weighted by molar-refractivity contribution is 0.0690. The summed E-state index contributed by atoms with van der Waals surface area (Å²) in [5.41, 5.74) is 1.40. The van der Waals surface area contributed by atoms with Crippen molar-refractivity contribution in [1.29, 1.82) is 0 Å². The van der Waals surface area contributed by atoms with Crippen LogP contribution in [0.2, 0.25) is 0 Å². The van der Waals surface area contributed by atoms with Crippen molar-refractivity contribution < 1.29 is 13.2 Å². The van der Waals surface area contributed by atoms with E-state index in [4.69, 9.17) is 0 Å². The smallest absolute Gasteiger partial charge is 0.254 e. The van der Waals surface area contributed by atoms with Crippen molar-refractivity contribution in [1.82, 2.24) is 4.90 Å². The lowest BCUT2D eigenvalue weighted by Crippen LogP contribution is -2.34. The minimum Gasteiger partial charge on any atom is -0.332 e. The average Bonchev–Trinajstić information content (AvgIpc) is 2.58. The molecule has 0 bridgehead atoms. The Morgan fingerprint density at radius 3 is 2.44 bits per heavy atom. The highest BCUT2D eigenvalue weighted by Gasteiger charge is 2.24. The van der Waals surface area contributed by atoms with E-state index in [0.29, 0.717) is 12.1 Å². The van der Waals surface area contributed by atoms with Gasteiger partial charge in [-0.3, -0.25) is 4.79 Å². The van der Waals surface area contributed by atoms with Crippen LogP contribution in [0, 0.1) is 0 Å². The molecule has 2 aromatic rings. The standard InChI is InChI=1S/C19H22BrNO3S/c1-4-12-21(14(2)17-10-5-6-11-18(17)20)19(22)15-8-7-9-16(13-15)25(3,23)24/h5-11,13-14H,4,12H2,1-3H3. The molecule has 1 unspecified atom stereocenters. The van der Waals surface area contributed by atoms with Gasteiger partial charge < -0.3 is 4.90 Å². The molecule has 0 N–H and O–H groups in total. The number of carbonyl (C=O) groups excluding carboxylic acids is 1. The first-order valence-electron chi connectivity index (χ1n) is 8.11. The highest BCUT2D eigenvalue weighted by Crippen LogP contribution is 2.29. The van der Waals surface area contributed by atoms with E-state index in [1.54, 1.807) is 17.0 Å². The van der Waals surface area contributed by atoms with E-state index in [0.717, 1.165) is 22.7 Å². The van der Waals surface area contributed by atoms with Gasteiger partial charge >= 0.3 is 0 Å². The number of benzene rings is 2. The Balaban J connectivity index is 2.40. The van der Waals surface area contributed by atoms with Crippen molar-refractivity contribution >= 4 is 31.7 Å². The minimum atomic E-state index is -3.35. The summed E-state index contributed by atoms with van der Waals surface area (Å²) >= 11 is 3.54. The first kappa shape index (κ1) is 19.7. The predicted molar refractivity (Wildman–Crippen MR) is 103 cm³/mol. The monoisotopic (exact) mass is 423 g/mol. The average molecular weight is 424 g/mol. The summed E-state index contributed by atoms with van der Waals surface area (Å²) in [7, 11) is -3.35. The Bertz CT molecular complexity index is 864. The zero-order valence-corrected chi connectivity index (χ0v) is 17.0. The summed E-state index contributed by atoms with van der Waals surface area (Å²) in [4.78, 5) is 15.0. The van der Waals surface area contributed by atoms with Gasteiger partial charge in [0.05, 0.1) is 10.9 Å². The number of amides is 1. The number of hydrogen-bond donors (Lipinski definition) is 0. The van der Waals surface area contributed by atoms with Gasteiger partial charge in [-0.15, -0.1) is 0 Å². The Morgan fingerprint density at radius 2 is 1.84 bits per heavy atom. The van der Waals surface area contributed by atoms with E-state index in [-0.39, 0.29) is 16.8 Å². The van der Waals surface area contributed by atoms with E-state index in [1.165, 1.54) is 12.1 Å². The molecule has 1 amide bonds. The van der Waals surface area contributed by atoms with Crippen LogP contribution in [0.3, 0.4) is 0 Å². The second-order valence-corrected chi connectivity index (χ2v) is 8.87. The third kappa shape index (κ3) is 4.70. The Labute approximate surface area is 157 Å².